The van der Waals surface area contributed by atoms with Crippen molar-refractivity contribution in [2.24, 2.45) is 0 Å². The van der Waals surface area contributed by atoms with Crippen LogP contribution in [0.25, 0.3) is 0 Å². The summed E-state index contributed by atoms with van der Waals surface area (Å²) in [7, 11) is 3.39. The van der Waals surface area contributed by atoms with E-state index >= 15 is 0 Å². The Balaban J connectivity index is 1.57. The molecule has 0 bridgehead atoms. The number of benzene rings is 2. The summed E-state index contributed by atoms with van der Waals surface area (Å²) in [6.07, 6.45) is 0. The van der Waals surface area contributed by atoms with Crippen LogP contribution in [0.5, 0.6) is 11.5 Å². The van der Waals surface area contributed by atoms with Crippen molar-refractivity contribution in [3.8, 4) is 11.5 Å². The number of hydrogen-bond donors (Lipinski definition) is 0. The minimum absolute atomic E-state index is 0.799. The van der Waals surface area contributed by atoms with E-state index in [1.807, 2.05) is 12.1 Å². The van der Waals surface area contributed by atoms with Gasteiger partial charge in [0.25, 0.3) is 0 Å². The van der Waals surface area contributed by atoms with Crippen LogP contribution in [0.4, 0.5) is 0 Å². The summed E-state index contributed by atoms with van der Waals surface area (Å²) in [6, 6.07) is 14.6. The van der Waals surface area contributed by atoms with Gasteiger partial charge in [-0.15, -0.1) is 0 Å². The second-order valence-electron chi connectivity index (χ2n) is 6.30. The van der Waals surface area contributed by atoms with Crippen molar-refractivity contribution in [1.82, 2.24) is 9.80 Å². The second-order valence-corrected chi connectivity index (χ2v) is 7.15. The van der Waals surface area contributed by atoms with E-state index in [2.05, 4.69) is 56.1 Å². The molecule has 1 fully saturated rings. The summed E-state index contributed by atoms with van der Waals surface area (Å²) in [4.78, 5) is 4.99. The summed E-state index contributed by atoms with van der Waals surface area (Å²) < 4.78 is 12.2. The fourth-order valence-electron chi connectivity index (χ4n) is 3.29. The highest BCUT2D eigenvalue weighted by atomic mass is 79.9. The minimum atomic E-state index is 0.799. The van der Waals surface area contributed by atoms with Crippen LogP contribution in [-0.4, -0.2) is 50.2 Å². The summed E-state index contributed by atoms with van der Waals surface area (Å²) >= 11 is 3.65. The van der Waals surface area contributed by atoms with Gasteiger partial charge in [-0.1, -0.05) is 46.3 Å². The number of halogens is 1. The lowest BCUT2D eigenvalue weighted by Gasteiger charge is -2.35. The molecule has 134 valence electrons. The number of nitrogens with zero attached hydrogens (tertiary/aromatic N) is 2. The first kappa shape index (κ1) is 18.2. The van der Waals surface area contributed by atoms with Crippen molar-refractivity contribution in [3.63, 3.8) is 0 Å². The highest BCUT2D eigenvalue weighted by molar-refractivity contribution is 9.10. The average molecular weight is 405 g/mol. The van der Waals surface area contributed by atoms with Gasteiger partial charge < -0.3 is 9.47 Å². The van der Waals surface area contributed by atoms with Gasteiger partial charge in [0.15, 0.2) is 11.5 Å². The third-order valence-corrected chi connectivity index (χ3v) is 5.47. The van der Waals surface area contributed by atoms with Crippen molar-refractivity contribution < 1.29 is 9.47 Å². The van der Waals surface area contributed by atoms with Gasteiger partial charge in [0.2, 0.25) is 0 Å². The molecule has 0 amide bonds. The summed E-state index contributed by atoms with van der Waals surface area (Å²) in [5.74, 6) is 1.65. The molecule has 5 heteroatoms. The maximum atomic E-state index is 5.55. The van der Waals surface area contributed by atoms with Crippen LogP contribution in [0.2, 0.25) is 0 Å². The van der Waals surface area contributed by atoms with Crippen LogP contribution in [0.1, 0.15) is 11.1 Å². The molecule has 0 radical (unpaired) electrons. The Bertz CT molecular complexity index is 700. The van der Waals surface area contributed by atoms with Gasteiger partial charge in [-0.25, -0.2) is 0 Å². The summed E-state index contributed by atoms with van der Waals surface area (Å²) in [5, 5.41) is 0. The molecule has 2 aromatic rings. The molecule has 0 N–H and O–H groups in total. The zero-order chi connectivity index (χ0) is 17.6. The van der Waals surface area contributed by atoms with Gasteiger partial charge in [0, 0.05) is 49.3 Å². The third-order valence-electron chi connectivity index (χ3n) is 4.70. The third kappa shape index (κ3) is 4.54. The molecule has 1 aliphatic heterocycles. The van der Waals surface area contributed by atoms with E-state index in [4.69, 9.17) is 9.47 Å². The smallest absolute Gasteiger partial charge is 0.165 e. The van der Waals surface area contributed by atoms with Crippen LogP contribution in [0.15, 0.2) is 46.9 Å². The highest BCUT2D eigenvalue weighted by Gasteiger charge is 2.19. The Hall–Kier alpha value is -1.56. The van der Waals surface area contributed by atoms with E-state index in [1.165, 1.54) is 15.6 Å². The lowest BCUT2D eigenvalue weighted by molar-refractivity contribution is 0.121. The monoisotopic (exact) mass is 404 g/mol. The zero-order valence-corrected chi connectivity index (χ0v) is 16.5. The van der Waals surface area contributed by atoms with Gasteiger partial charge in [-0.3, -0.25) is 9.80 Å². The van der Waals surface area contributed by atoms with Crippen LogP contribution in [0.3, 0.4) is 0 Å². The number of para-hydroxylation sites is 1. The zero-order valence-electron chi connectivity index (χ0n) is 14.9. The molecule has 0 unspecified atom stereocenters. The van der Waals surface area contributed by atoms with Gasteiger partial charge in [0.05, 0.1) is 14.2 Å². The molecule has 1 saturated heterocycles. The Morgan fingerprint density at radius 3 is 2.00 bits per heavy atom. The molecule has 0 atom stereocenters. The molecular weight excluding hydrogens is 380 g/mol. The SMILES string of the molecule is COc1cccc(CN2CCN(Cc3ccccc3Br)CC2)c1OC. The molecule has 1 aliphatic rings. The lowest BCUT2D eigenvalue weighted by Crippen LogP contribution is -2.45. The fourth-order valence-corrected chi connectivity index (χ4v) is 3.70. The first-order valence-corrected chi connectivity index (χ1v) is 9.38. The molecule has 2 aromatic carbocycles. The van der Waals surface area contributed by atoms with E-state index in [1.54, 1.807) is 14.2 Å². The van der Waals surface area contributed by atoms with Gasteiger partial charge in [0.1, 0.15) is 0 Å². The predicted molar refractivity (Wildman–Crippen MR) is 104 cm³/mol. The normalized spacial score (nSPS) is 16.0. The maximum Gasteiger partial charge on any atom is 0.165 e. The van der Waals surface area contributed by atoms with Gasteiger partial charge >= 0.3 is 0 Å². The van der Waals surface area contributed by atoms with E-state index in [-0.39, 0.29) is 0 Å². The molecule has 25 heavy (non-hydrogen) atoms. The number of rotatable bonds is 6. The average Bonchev–Trinajstić information content (AvgIpc) is 2.65. The second kappa shape index (κ2) is 8.70. The van der Waals surface area contributed by atoms with Crippen molar-refractivity contribution >= 4 is 15.9 Å². The summed E-state index contributed by atoms with van der Waals surface area (Å²) in [5.41, 5.74) is 2.53. The Morgan fingerprint density at radius 1 is 0.800 bits per heavy atom. The predicted octanol–water partition coefficient (Wildman–Crippen LogP) is 3.78. The van der Waals surface area contributed by atoms with Crippen molar-refractivity contribution in [2.45, 2.75) is 13.1 Å². The van der Waals surface area contributed by atoms with Crippen LogP contribution in [-0.2, 0) is 13.1 Å². The van der Waals surface area contributed by atoms with E-state index in [0.717, 1.165) is 50.8 Å². The summed E-state index contributed by atoms with van der Waals surface area (Å²) in [6.45, 7) is 6.16. The highest BCUT2D eigenvalue weighted by Crippen LogP contribution is 2.31. The molecule has 0 aliphatic carbocycles. The standard InChI is InChI=1S/C20H25BrN2O2/c1-24-19-9-5-7-17(20(19)25-2)15-23-12-10-22(11-13-23)14-16-6-3-4-8-18(16)21/h3-9H,10-15H2,1-2H3. The molecule has 4 nitrogen and oxygen atoms in total. The molecule has 0 aromatic heterocycles. The Morgan fingerprint density at radius 2 is 1.40 bits per heavy atom. The Labute approximate surface area is 158 Å². The van der Waals surface area contributed by atoms with E-state index in [9.17, 15) is 0 Å². The minimum Gasteiger partial charge on any atom is -0.493 e. The number of ether oxygens (including phenoxy) is 2. The van der Waals surface area contributed by atoms with Crippen LogP contribution >= 0.6 is 15.9 Å². The molecular formula is C20H25BrN2O2. The Kier molecular flexibility index (Phi) is 6.34. The number of methoxy groups -OCH3 is 2. The van der Waals surface area contributed by atoms with Crippen LogP contribution < -0.4 is 9.47 Å². The lowest BCUT2D eigenvalue weighted by atomic mass is 10.1. The first-order chi connectivity index (χ1) is 12.2. The first-order valence-electron chi connectivity index (χ1n) is 8.59. The maximum absolute atomic E-state index is 5.55. The van der Waals surface area contributed by atoms with Gasteiger partial charge in [-0.2, -0.15) is 0 Å². The molecule has 0 spiro atoms. The number of piperazine rings is 1. The van der Waals surface area contributed by atoms with Crippen LogP contribution in [0, 0.1) is 0 Å². The largest absolute Gasteiger partial charge is 0.493 e. The van der Waals surface area contributed by atoms with Gasteiger partial charge in [-0.05, 0) is 17.7 Å². The topological polar surface area (TPSA) is 24.9 Å². The van der Waals surface area contributed by atoms with Crippen molar-refractivity contribution in [3.05, 3.63) is 58.1 Å². The van der Waals surface area contributed by atoms with E-state index in [0.29, 0.717) is 0 Å². The molecule has 3 rings (SSSR count). The fraction of sp³-hybridized carbons (Fsp3) is 0.400. The molecule has 1 heterocycles. The van der Waals surface area contributed by atoms with E-state index < -0.39 is 0 Å². The van der Waals surface area contributed by atoms with Crippen molar-refractivity contribution in [1.29, 1.82) is 0 Å². The van der Waals surface area contributed by atoms with Crippen molar-refractivity contribution in [2.75, 3.05) is 40.4 Å². The quantitative estimate of drug-likeness (QED) is 0.730. The number of hydrogen-bond acceptors (Lipinski definition) is 4. The molecule has 0 saturated carbocycles.